The Morgan fingerprint density at radius 2 is 1.94 bits per heavy atom. The number of H-pyrrole nitrogens is 1. The van der Waals surface area contributed by atoms with Crippen molar-refractivity contribution in [2.45, 2.75) is 57.0 Å². The lowest BCUT2D eigenvalue weighted by molar-refractivity contribution is 0.0637. The van der Waals surface area contributed by atoms with Gasteiger partial charge in [0.1, 0.15) is 11.6 Å². The predicted molar refractivity (Wildman–Crippen MR) is 191 cm³/mol. The maximum Gasteiger partial charge on any atom is 0.434 e. The van der Waals surface area contributed by atoms with Crippen molar-refractivity contribution < 1.29 is 22.7 Å². The van der Waals surface area contributed by atoms with E-state index in [1.807, 2.05) is 30.0 Å². The lowest BCUT2D eigenvalue weighted by Gasteiger charge is -2.37. The van der Waals surface area contributed by atoms with Gasteiger partial charge in [-0.15, -0.1) is 16.4 Å². The van der Waals surface area contributed by atoms with E-state index in [0.717, 1.165) is 62.3 Å². The number of aryl methyl sites for hydroxylation is 3. The number of nitrogens with zero attached hydrogens (tertiary/aromatic N) is 4. The summed E-state index contributed by atoms with van der Waals surface area (Å²) in [7, 11) is 1.49. The van der Waals surface area contributed by atoms with Gasteiger partial charge in [0.15, 0.2) is 11.6 Å². The van der Waals surface area contributed by atoms with Crippen LogP contribution in [-0.4, -0.2) is 44.6 Å². The number of fused-ring (bicyclic) bond motifs is 3. The summed E-state index contributed by atoms with van der Waals surface area (Å²) in [5.41, 5.74) is 5.97. The minimum absolute atomic E-state index is 0.0437. The number of anilines is 1. The van der Waals surface area contributed by atoms with Crippen LogP contribution >= 0.6 is 11.3 Å². The Labute approximate surface area is 299 Å². The first-order valence-electron chi connectivity index (χ1n) is 17.4. The van der Waals surface area contributed by atoms with E-state index in [-0.39, 0.29) is 35.2 Å². The van der Waals surface area contributed by atoms with Crippen LogP contribution in [0.3, 0.4) is 0 Å². The van der Waals surface area contributed by atoms with Gasteiger partial charge in [-0.3, -0.25) is 9.78 Å². The van der Waals surface area contributed by atoms with Crippen LogP contribution in [0.4, 0.5) is 14.6 Å². The first-order valence-corrected chi connectivity index (χ1v) is 18.3. The molecule has 1 saturated carbocycles. The standard InChI is InChI=1S/C39H32F2N6O4S/c1-18-12-21-14-28(52-33(21)35(42-18)44-26-11-8-24-23(26)7-9-25(41)32(24)50-2)30-29(36-45-46-38(49)51-36)27(10-6-19-4-3-5-22(40)13-19)43-34-31(30)37(48)47-17-20-15-39(34,47)16-20/h3-5,7,9,12-14,20,26H,6,8,10-11,15-17H2,1-2H3,(H,42,44)(H,46,49)/t20?,26-,39?/m0/s1. The molecular weight excluding hydrogens is 687 g/mol. The number of amides is 1. The molecule has 0 unspecified atom stereocenters. The molecule has 2 aliphatic carbocycles. The number of halogens is 2. The minimum Gasteiger partial charge on any atom is -0.493 e. The van der Waals surface area contributed by atoms with Gasteiger partial charge in [-0.2, -0.15) is 0 Å². The largest absolute Gasteiger partial charge is 0.493 e. The van der Waals surface area contributed by atoms with Crippen LogP contribution in [0.5, 0.6) is 5.75 Å². The summed E-state index contributed by atoms with van der Waals surface area (Å²) in [5, 5.41) is 11.2. The number of aromatic amines is 1. The summed E-state index contributed by atoms with van der Waals surface area (Å²) < 4.78 is 40.7. The number of benzene rings is 2. The highest BCUT2D eigenvalue weighted by atomic mass is 32.1. The number of thiophene rings is 1. The Morgan fingerprint density at radius 3 is 2.73 bits per heavy atom. The number of carbonyl (C=O) groups is 1. The molecule has 4 aromatic heterocycles. The van der Waals surface area contributed by atoms with Crippen molar-refractivity contribution in [1.82, 2.24) is 25.1 Å². The summed E-state index contributed by atoms with van der Waals surface area (Å²) in [6.45, 7) is 2.62. The van der Waals surface area contributed by atoms with Crippen LogP contribution in [0.1, 0.15) is 69.4 Å². The van der Waals surface area contributed by atoms with Crippen LogP contribution in [0.15, 0.2) is 57.7 Å². The average Bonchev–Trinajstić information content (AvgIpc) is 3.96. The fraction of sp³-hybridized carbons (Fsp3) is 0.308. The van der Waals surface area contributed by atoms with Gasteiger partial charge in [-0.1, -0.05) is 18.2 Å². The summed E-state index contributed by atoms with van der Waals surface area (Å²) >= 11 is 1.49. The van der Waals surface area contributed by atoms with E-state index in [0.29, 0.717) is 59.9 Å². The number of hydrogen-bond donors (Lipinski definition) is 2. The van der Waals surface area contributed by atoms with Crippen LogP contribution < -0.4 is 15.8 Å². The average molecular weight is 719 g/mol. The van der Waals surface area contributed by atoms with E-state index in [1.54, 1.807) is 6.07 Å². The molecule has 2 saturated heterocycles. The lowest BCUT2D eigenvalue weighted by atomic mass is 9.71. The Morgan fingerprint density at radius 1 is 1.08 bits per heavy atom. The van der Waals surface area contributed by atoms with Crippen LogP contribution in [0.25, 0.3) is 32.0 Å². The summed E-state index contributed by atoms with van der Waals surface area (Å²) in [6, 6.07) is 13.7. The molecule has 2 N–H and O–H groups in total. The topological polar surface area (TPSA) is 126 Å². The Hall–Kier alpha value is -5.43. The number of pyridine rings is 2. The molecule has 7 heterocycles. The normalized spacial score (nSPS) is 21.0. The van der Waals surface area contributed by atoms with Gasteiger partial charge in [0.05, 0.1) is 45.9 Å². The lowest BCUT2D eigenvalue weighted by Crippen LogP contribution is -2.40. The van der Waals surface area contributed by atoms with E-state index in [4.69, 9.17) is 19.1 Å². The number of aromatic nitrogens is 4. The smallest absolute Gasteiger partial charge is 0.434 e. The van der Waals surface area contributed by atoms with Crippen LogP contribution in [0.2, 0.25) is 0 Å². The van der Waals surface area contributed by atoms with Gasteiger partial charge in [0.2, 0.25) is 0 Å². The highest BCUT2D eigenvalue weighted by Gasteiger charge is 2.65. The van der Waals surface area contributed by atoms with Gasteiger partial charge in [-0.25, -0.2) is 23.7 Å². The van der Waals surface area contributed by atoms with Crippen molar-refractivity contribution in [3.8, 4) is 27.6 Å². The molecule has 2 bridgehead atoms. The molecule has 262 valence electrons. The Bertz CT molecular complexity index is 2550. The quantitative estimate of drug-likeness (QED) is 0.169. The zero-order valence-corrected chi connectivity index (χ0v) is 29.1. The van der Waals surface area contributed by atoms with E-state index in [2.05, 4.69) is 21.6 Å². The van der Waals surface area contributed by atoms with Crippen molar-refractivity contribution >= 4 is 33.1 Å². The fourth-order valence-electron chi connectivity index (χ4n) is 9.12. The third-order valence-electron chi connectivity index (χ3n) is 11.3. The van der Waals surface area contributed by atoms with Gasteiger partial charge in [-0.05, 0) is 98.2 Å². The van der Waals surface area contributed by atoms with Crippen molar-refractivity contribution in [1.29, 1.82) is 0 Å². The highest BCUT2D eigenvalue weighted by Crippen LogP contribution is 2.63. The number of hydrogen-bond acceptors (Lipinski definition) is 9. The number of carbonyl (C=O) groups excluding carboxylic acids is 1. The van der Waals surface area contributed by atoms with Gasteiger partial charge < -0.3 is 19.4 Å². The van der Waals surface area contributed by atoms with Crippen LogP contribution in [0, 0.1) is 24.5 Å². The second-order valence-electron chi connectivity index (χ2n) is 14.3. The second-order valence-corrected chi connectivity index (χ2v) is 15.4. The molecular formula is C39H32F2N6O4S. The van der Waals surface area contributed by atoms with E-state index in [9.17, 15) is 18.4 Å². The van der Waals surface area contributed by atoms with Crippen molar-refractivity contribution in [2.75, 3.05) is 19.0 Å². The summed E-state index contributed by atoms with van der Waals surface area (Å²) in [5.74, 6) is -0.0451. The number of methoxy groups -OCH3 is 1. The monoisotopic (exact) mass is 718 g/mol. The van der Waals surface area contributed by atoms with Crippen molar-refractivity contribution in [3.05, 3.63) is 110 Å². The molecule has 3 aliphatic heterocycles. The molecule has 11 rings (SSSR count). The Kier molecular flexibility index (Phi) is 6.80. The number of rotatable bonds is 8. The predicted octanol–water partition coefficient (Wildman–Crippen LogP) is 7.26. The molecule has 2 aromatic carbocycles. The third kappa shape index (κ3) is 4.54. The first-order chi connectivity index (χ1) is 25.2. The van der Waals surface area contributed by atoms with Crippen molar-refractivity contribution in [3.63, 3.8) is 0 Å². The molecule has 1 spiro atoms. The third-order valence-corrected chi connectivity index (χ3v) is 12.4. The Balaban J connectivity index is 1.16. The molecule has 3 fully saturated rings. The highest BCUT2D eigenvalue weighted by molar-refractivity contribution is 7.23. The first kappa shape index (κ1) is 31.3. The second kappa shape index (κ2) is 11.3. The van der Waals surface area contributed by atoms with E-state index >= 15 is 0 Å². The zero-order chi connectivity index (χ0) is 35.5. The maximum absolute atomic E-state index is 14.6. The van der Waals surface area contributed by atoms with Gasteiger partial charge in [0, 0.05) is 28.2 Å². The number of nitrogens with one attached hydrogen (secondary N) is 2. The molecule has 52 heavy (non-hydrogen) atoms. The molecule has 10 nitrogen and oxygen atoms in total. The molecule has 0 radical (unpaired) electrons. The molecule has 6 aromatic rings. The molecule has 5 aliphatic rings. The minimum atomic E-state index is -0.721. The maximum atomic E-state index is 14.6. The number of ether oxygens (including phenoxy) is 1. The molecule has 13 heteroatoms. The fourth-order valence-corrected chi connectivity index (χ4v) is 10.3. The SMILES string of the molecule is COc1c(F)ccc2c1CC[C@@H]2Nc1nc(C)cc2cc(-c3c4c(nc(CCc5cccc(F)c5)c3-c3n[nH]c(=O)o3)C35CC(CN3C4=O)C5)sc12. The molecule has 1 atom stereocenters. The van der Waals surface area contributed by atoms with E-state index < -0.39 is 11.3 Å². The van der Waals surface area contributed by atoms with Crippen molar-refractivity contribution in [2.24, 2.45) is 5.92 Å². The summed E-state index contributed by atoms with van der Waals surface area (Å²) in [6.07, 6.45) is 4.00. The summed E-state index contributed by atoms with van der Waals surface area (Å²) in [4.78, 5) is 39.8. The van der Waals surface area contributed by atoms with E-state index in [1.165, 1.54) is 36.6 Å². The van der Waals surface area contributed by atoms with Gasteiger partial charge in [0.25, 0.3) is 11.8 Å². The van der Waals surface area contributed by atoms with Gasteiger partial charge >= 0.3 is 5.76 Å². The zero-order valence-electron chi connectivity index (χ0n) is 28.3. The molecule has 1 amide bonds. The van der Waals surface area contributed by atoms with Crippen LogP contribution in [-0.2, 0) is 24.8 Å².